The van der Waals surface area contributed by atoms with E-state index in [2.05, 4.69) is 0 Å². The van der Waals surface area contributed by atoms with Crippen molar-refractivity contribution in [2.75, 3.05) is 5.75 Å². The van der Waals surface area contributed by atoms with E-state index >= 15 is 0 Å². The lowest BCUT2D eigenvalue weighted by atomic mass is 10.1. The number of halogens is 1. The molecule has 15 heavy (non-hydrogen) atoms. The van der Waals surface area contributed by atoms with Gasteiger partial charge < -0.3 is 0 Å². The molecule has 1 unspecified atom stereocenters. The Balaban J connectivity index is 0.000000531. The Kier molecular flexibility index (Phi) is 5.20. The minimum Gasteiger partial charge on any atom is -0.299 e. The monoisotopic (exact) mass is 242 g/mol. The molecule has 1 aliphatic heterocycles. The summed E-state index contributed by atoms with van der Waals surface area (Å²) in [5.41, 5.74) is 1.21. The molecule has 1 heterocycles. The molecule has 1 aromatic rings. The first kappa shape index (κ1) is 12.6. The highest BCUT2D eigenvalue weighted by atomic mass is 35.5. The third kappa shape index (κ3) is 3.54. The van der Waals surface area contributed by atoms with Crippen LogP contribution in [0, 0.1) is 0 Å². The molecule has 0 spiro atoms. The topological polar surface area (TPSA) is 17.1 Å². The molecule has 1 saturated heterocycles. The predicted molar refractivity (Wildman–Crippen MR) is 67.6 cm³/mol. The van der Waals surface area contributed by atoms with Gasteiger partial charge in [0.05, 0.1) is 5.75 Å². The average Bonchev–Trinajstić information content (AvgIpc) is 2.69. The van der Waals surface area contributed by atoms with Gasteiger partial charge in [-0.1, -0.05) is 37.6 Å². The first-order chi connectivity index (χ1) is 7.25. The van der Waals surface area contributed by atoms with Gasteiger partial charge in [0.15, 0.2) is 0 Å². The van der Waals surface area contributed by atoms with E-state index < -0.39 is 0 Å². The molecule has 82 valence electrons. The second-order valence-electron chi connectivity index (χ2n) is 3.09. The van der Waals surface area contributed by atoms with Gasteiger partial charge in [0, 0.05) is 16.7 Å². The van der Waals surface area contributed by atoms with Crippen molar-refractivity contribution in [1.29, 1.82) is 0 Å². The second-order valence-corrected chi connectivity index (χ2v) is 4.72. The summed E-state index contributed by atoms with van der Waals surface area (Å²) in [5.74, 6) is 1.01. The summed E-state index contributed by atoms with van der Waals surface area (Å²) >= 11 is 7.49. The number of rotatable bonds is 1. The maximum Gasteiger partial charge on any atom is 0.144 e. The van der Waals surface area contributed by atoms with Crippen LogP contribution in [-0.2, 0) is 4.79 Å². The number of Topliss-reactive ketones (excluding diaryl/α,β-unsaturated/α-hetero) is 1. The van der Waals surface area contributed by atoms with Crippen LogP contribution in [0.3, 0.4) is 0 Å². The standard InChI is InChI=1S/C10H9ClOS.C2H6/c11-8-3-1-7(2-4-8)10-5-9(12)6-13-10;1-2/h1-4,10H,5-6H2;1-2H3. The molecular weight excluding hydrogens is 228 g/mol. The van der Waals surface area contributed by atoms with Gasteiger partial charge in [0.2, 0.25) is 0 Å². The molecule has 0 radical (unpaired) electrons. The van der Waals surface area contributed by atoms with Crippen LogP contribution in [-0.4, -0.2) is 11.5 Å². The van der Waals surface area contributed by atoms with E-state index in [4.69, 9.17) is 11.6 Å². The molecule has 2 rings (SSSR count). The van der Waals surface area contributed by atoms with Crippen LogP contribution in [0.4, 0.5) is 0 Å². The zero-order valence-electron chi connectivity index (χ0n) is 9.00. The van der Waals surface area contributed by atoms with Crippen molar-refractivity contribution < 1.29 is 4.79 Å². The highest BCUT2D eigenvalue weighted by molar-refractivity contribution is 8.00. The van der Waals surface area contributed by atoms with Crippen molar-refractivity contribution in [2.24, 2.45) is 0 Å². The molecule has 0 aromatic heterocycles. The van der Waals surface area contributed by atoms with Gasteiger partial charge in [0.25, 0.3) is 0 Å². The van der Waals surface area contributed by atoms with Crippen molar-refractivity contribution in [3.63, 3.8) is 0 Å². The highest BCUT2D eigenvalue weighted by Gasteiger charge is 2.23. The van der Waals surface area contributed by atoms with Gasteiger partial charge in [-0.15, -0.1) is 11.8 Å². The van der Waals surface area contributed by atoms with Crippen LogP contribution >= 0.6 is 23.4 Å². The molecule has 0 aliphatic carbocycles. The number of thioether (sulfide) groups is 1. The zero-order chi connectivity index (χ0) is 11.3. The Bertz CT molecular complexity index is 321. The summed E-state index contributed by atoms with van der Waals surface area (Å²) in [4.78, 5) is 11.0. The fourth-order valence-corrected chi connectivity index (χ4v) is 2.69. The Labute approximate surface area is 100 Å². The van der Waals surface area contributed by atoms with Crippen molar-refractivity contribution in [3.8, 4) is 0 Å². The molecule has 0 saturated carbocycles. The normalized spacial score (nSPS) is 19.7. The Hall–Kier alpha value is -0.470. The summed E-state index contributed by atoms with van der Waals surface area (Å²) in [6.45, 7) is 4.00. The molecule has 1 aromatic carbocycles. The predicted octanol–water partition coefficient (Wildman–Crippen LogP) is 4.11. The number of carbonyl (C=O) groups is 1. The lowest BCUT2D eigenvalue weighted by Crippen LogP contribution is -1.93. The summed E-state index contributed by atoms with van der Waals surface area (Å²) in [6.07, 6.45) is 0.673. The van der Waals surface area contributed by atoms with Crippen molar-refractivity contribution in [2.45, 2.75) is 25.5 Å². The lowest BCUT2D eigenvalue weighted by Gasteiger charge is -2.06. The minimum atomic E-state index is 0.352. The van der Waals surface area contributed by atoms with Crippen LogP contribution in [0.1, 0.15) is 31.1 Å². The largest absolute Gasteiger partial charge is 0.299 e. The third-order valence-corrected chi connectivity index (χ3v) is 3.68. The van der Waals surface area contributed by atoms with E-state index in [-0.39, 0.29) is 0 Å². The Morgan fingerprint density at radius 1 is 1.27 bits per heavy atom. The third-order valence-electron chi connectivity index (χ3n) is 2.10. The summed E-state index contributed by atoms with van der Waals surface area (Å²) in [5, 5.41) is 1.10. The molecule has 3 heteroatoms. The second kappa shape index (κ2) is 6.19. The van der Waals surface area contributed by atoms with Gasteiger partial charge in [-0.05, 0) is 17.7 Å². The number of hydrogen-bond acceptors (Lipinski definition) is 2. The molecular formula is C12H15ClOS. The number of hydrogen-bond donors (Lipinski definition) is 0. The highest BCUT2D eigenvalue weighted by Crippen LogP contribution is 2.38. The fourth-order valence-electron chi connectivity index (χ4n) is 1.41. The fraction of sp³-hybridized carbons (Fsp3) is 0.417. The first-order valence-corrected chi connectivity index (χ1v) is 6.57. The Morgan fingerprint density at radius 3 is 2.33 bits per heavy atom. The van der Waals surface area contributed by atoms with E-state index in [1.165, 1.54) is 5.56 Å². The number of ketones is 1. The molecule has 0 amide bonds. The first-order valence-electron chi connectivity index (χ1n) is 5.14. The van der Waals surface area contributed by atoms with Gasteiger partial charge in [-0.2, -0.15) is 0 Å². The van der Waals surface area contributed by atoms with Crippen LogP contribution in [0.15, 0.2) is 24.3 Å². The van der Waals surface area contributed by atoms with Gasteiger partial charge in [-0.3, -0.25) is 4.79 Å². The molecule has 0 bridgehead atoms. The molecule has 0 N–H and O–H groups in total. The van der Waals surface area contributed by atoms with Gasteiger partial charge >= 0.3 is 0 Å². The molecule has 1 atom stereocenters. The van der Waals surface area contributed by atoms with Crippen molar-refractivity contribution >= 4 is 29.1 Å². The minimum absolute atomic E-state index is 0.352. The lowest BCUT2D eigenvalue weighted by molar-refractivity contribution is -0.116. The molecule has 1 aliphatic rings. The molecule has 1 fully saturated rings. The van der Waals surface area contributed by atoms with Crippen LogP contribution in [0.2, 0.25) is 5.02 Å². The van der Waals surface area contributed by atoms with Gasteiger partial charge in [-0.25, -0.2) is 0 Å². The Morgan fingerprint density at radius 2 is 1.87 bits per heavy atom. The van der Waals surface area contributed by atoms with E-state index in [9.17, 15) is 4.79 Å². The van der Waals surface area contributed by atoms with Crippen molar-refractivity contribution in [1.82, 2.24) is 0 Å². The number of carbonyl (C=O) groups excluding carboxylic acids is 1. The van der Waals surface area contributed by atoms with Crippen molar-refractivity contribution in [3.05, 3.63) is 34.9 Å². The summed E-state index contributed by atoms with van der Waals surface area (Å²) in [7, 11) is 0. The molecule has 1 nitrogen and oxygen atoms in total. The smallest absolute Gasteiger partial charge is 0.144 e. The van der Waals surface area contributed by atoms with E-state index in [1.807, 2.05) is 38.1 Å². The number of benzene rings is 1. The van der Waals surface area contributed by atoms with E-state index in [1.54, 1.807) is 11.8 Å². The summed E-state index contributed by atoms with van der Waals surface area (Å²) in [6, 6.07) is 7.75. The maximum atomic E-state index is 11.0. The summed E-state index contributed by atoms with van der Waals surface area (Å²) < 4.78 is 0. The SMILES string of the molecule is CC.O=C1CSC(c2ccc(Cl)cc2)C1. The van der Waals surface area contributed by atoms with Crippen LogP contribution in [0.5, 0.6) is 0 Å². The van der Waals surface area contributed by atoms with E-state index in [0.717, 1.165) is 5.02 Å². The zero-order valence-corrected chi connectivity index (χ0v) is 10.6. The van der Waals surface area contributed by atoms with Crippen LogP contribution in [0.25, 0.3) is 0 Å². The van der Waals surface area contributed by atoms with E-state index in [0.29, 0.717) is 23.2 Å². The quantitative estimate of drug-likeness (QED) is 0.737. The van der Waals surface area contributed by atoms with Gasteiger partial charge in [0.1, 0.15) is 5.78 Å². The van der Waals surface area contributed by atoms with Crippen LogP contribution < -0.4 is 0 Å². The maximum absolute atomic E-state index is 11.0. The average molecular weight is 243 g/mol.